The lowest BCUT2D eigenvalue weighted by atomic mass is 10.4. The highest BCUT2D eigenvalue weighted by Gasteiger charge is 2.09. The molecular formula is C8H8ClN5S. The highest BCUT2D eigenvalue weighted by atomic mass is 35.5. The smallest absolute Gasteiger partial charge is 0.197 e. The van der Waals surface area contributed by atoms with Crippen LogP contribution < -0.4 is 0 Å². The number of aryl methyl sites for hydroxylation is 1. The van der Waals surface area contributed by atoms with Crippen LogP contribution in [0.25, 0.3) is 0 Å². The largest absolute Gasteiger partial charge is 0.311 e. The van der Waals surface area contributed by atoms with Gasteiger partial charge in [-0.15, -0.1) is 10.2 Å². The first-order valence-electron chi connectivity index (χ1n) is 4.17. The topological polar surface area (TPSA) is 56.5 Å². The number of rotatable bonds is 2. The second kappa shape index (κ2) is 4.16. The van der Waals surface area contributed by atoms with Gasteiger partial charge in [0.15, 0.2) is 5.16 Å². The summed E-state index contributed by atoms with van der Waals surface area (Å²) in [5.74, 6) is 0. The van der Waals surface area contributed by atoms with Crippen molar-refractivity contribution >= 4 is 23.4 Å². The lowest BCUT2D eigenvalue weighted by molar-refractivity contribution is 0.786. The summed E-state index contributed by atoms with van der Waals surface area (Å²) in [5, 5.41) is 9.78. The second-order valence-corrected chi connectivity index (χ2v) is 4.24. The van der Waals surface area contributed by atoms with Gasteiger partial charge in [0, 0.05) is 12.6 Å². The molecule has 0 atom stereocenters. The van der Waals surface area contributed by atoms with E-state index in [2.05, 4.69) is 20.2 Å². The zero-order chi connectivity index (χ0) is 10.8. The number of nitrogens with zero attached hydrogens (tertiary/aromatic N) is 5. The lowest BCUT2D eigenvalue weighted by Gasteiger charge is -2.03. The standard InChI is InChI=1S/C8H8ClN5S/c1-5-6(9)10-3-11-7(5)15-8-13-12-4-14(8)2/h3-4H,1-2H3. The normalized spacial score (nSPS) is 10.6. The molecule has 0 amide bonds. The molecule has 7 heteroatoms. The molecule has 2 rings (SSSR count). The highest BCUT2D eigenvalue weighted by molar-refractivity contribution is 7.99. The molecule has 0 unspecified atom stereocenters. The lowest BCUT2D eigenvalue weighted by Crippen LogP contribution is -1.93. The van der Waals surface area contributed by atoms with E-state index >= 15 is 0 Å². The van der Waals surface area contributed by atoms with Crippen LogP contribution in [0.4, 0.5) is 0 Å². The van der Waals surface area contributed by atoms with Crippen LogP contribution >= 0.6 is 23.4 Å². The van der Waals surface area contributed by atoms with Gasteiger partial charge in [0.05, 0.1) is 0 Å². The summed E-state index contributed by atoms with van der Waals surface area (Å²) >= 11 is 7.30. The summed E-state index contributed by atoms with van der Waals surface area (Å²) in [6.45, 7) is 1.88. The number of hydrogen-bond acceptors (Lipinski definition) is 5. The number of hydrogen-bond donors (Lipinski definition) is 0. The van der Waals surface area contributed by atoms with E-state index in [4.69, 9.17) is 11.6 Å². The summed E-state index contributed by atoms with van der Waals surface area (Å²) in [5.41, 5.74) is 0.854. The van der Waals surface area contributed by atoms with Gasteiger partial charge in [-0.05, 0) is 18.7 Å². The van der Waals surface area contributed by atoms with Crippen molar-refractivity contribution in [2.24, 2.45) is 7.05 Å². The fraction of sp³-hybridized carbons (Fsp3) is 0.250. The fourth-order valence-electron chi connectivity index (χ4n) is 0.968. The molecule has 0 spiro atoms. The third-order valence-electron chi connectivity index (χ3n) is 1.83. The van der Waals surface area contributed by atoms with E-state index in [9.17, 15) is 0 Å². The molecule has 0 aliphatic rings. The fourth-order valence-corrected chi connectivity index (χ4v) is 1.96. The predicted octanol–water partition coefficient (Wildman–Crippen LogP) is 1.72. The molecule has 0 bridgehead atoms. The van der Waals surface area contributed by atoms with Crippen molar-refractivity contribution in [3.05, 3.63) is 23.4 Å². The van der Waals surface area contributed by atoms with Crippen LogP contribution in [0, 0.1) is 6.92 Å². The Labute approximate surface area is 95.9 Å². The van der Waals surface area contributed by atoms with Crippen molar-refractivity contribution in [1.82, 2.24) is 24.7 Å². The molecule has 0 N–H and O–H groups in total. The molecule has 2 aromatic rings. The van der Waals surface area contributed by atoms with Gasteiger partial charge in [-0.25, -0.2) is 9.97 Å². The van der Waals surface area contributed by atoms with E-state index in [1.165, 1.54) is 18.1 Å². The minimum atomic E-state index is 0.467. The summed E-state index contributed by atoms with van der Waals surface area (Å²) in [4.78, 5) is 8.03. The van der Waals surface area contributed by atoms with Gasteiger partial charge >= 0.3 is 0 Å². The minimum absolute atomic E-state index is 0.467. The van der Waals surface area contributed by atoms with E-state index < -0.39 is 0 Å². The van der Waals surface area contributed by atoms with E-state index in [0.29, 0.717) is 5.15 Å². The second-order valence-electron chi connectivity index (χ2n) is 2.92. The average Bonchev–Trinajstić information content (AvgIpc) is 2.60. The molecule has 0 saturated heterocycles. The first-order chi connectivity index (χ1) is 7.18. The van der Waals surface area contributed by atoms with Gasteiger partial charge in [0.2, 0.25) is 0 Å². The maximum absolute atomic E-state index is 5.89. The Bertz CT molecular complexity index is 484. The summed E-state index contributed by atoms with van der Waals surface area (Å²) in [7, 11) is 1.88. The number of aromatic nitrogens is 5. The van der Waals surface area contributed by atoms with Gasteiger partial charge < -0.3 is 4.57 Å². The van der Waals surface area contributed by atoms with Crippen molar-refractivity contribution in [2.75, 3.05) is 0 Å². The van der Waals surface area contributed by atoms with E-state index in [1.54, 1.807) is 6.33 Å². The van der Waals surface area contributed by atoms with Crippen LogP contribution in [-0.2, 0) is 7.05 Å². The Morgan fingerprint density at radius 2 is 2.20 bits per heavy atom. The van der Waals surface area contributed by atoms with E-state index in [1.807, 2.05) is 18.5 Å². The molecule has 0 aliphatic heterocycles. The van der Waals surface area contributed by atoms with Crippen LogP contribution in [0.5, 0.6) is 0 Å². The van der Waals surface area contributed by atoms with Crippen LogP contribution in [0.15, 0.2) is 22.8 Å². The average molecular weight is 242 g/mol. The van der Waals surface area contributed by atoms with Crippen molar-refractivity contribution in [3.8, 4) is 0 Å². The monoisotopic (exact) mass is 241 g/mol. The molecule has 0 fully saturated rings. The third-order valence-corrected chi connectivity index (χ3v) is 3.37. The molecule has 2 heterocycles. The first kappa shape index (κ1) is 10.4. The third kappa shape index (κ3) is 2.10. The molecule has 0 radical (unpaired) electrons. The van der Waals surface area contributed by atoms with Crippen molar-refractivity contribution in [1.29, 1.82) is 0 Å². The highest BCUT2D eigenvalue weighted by Crippen LogP contribution is 2.28. The molecule has 0 aliphatic carbocycles. The summed E-state index contributed by atoms with van der Waals surface area (Å²) < 4.78 is 1.82. The van der Waals surface area contributed by atoms with Crippen LogP contribution in [-0.4, -0.2) is 24.7 Å². The van der Waals surface area contributed by atoms with Gasteiger partial charge in [0.25, 0.3) is 0 Å². The molecule has 15 heavy (non-hydrogen) atoms. The van der Waals surface area contributed by atoms with Gasteiger partial charge in [-0.1, -0.05) is 11.6 Å². The number of halogens is 1. The van der Waals surface area contributed by atoms with Crippen molar-refractivity contribution < 1.29 is 0 Å². The van der Waals surface area contributed by atoms with Gasteiger partial charge in [-0.2, -0.15) is 0 Å². The van der Waals surface area contributed by atoms with Gasteiger partial charge in [0.1, 0.15) is 22.8 Å². The van der Waals surface area contributed by atoms with Crippen molar-refractivity contribution in [3.63, 3.8) is 0 Å². The van der Waals surface area contributed by atoms with E-state index in [0.717, 1.165) is 15.7 Å². The summed E-state index contributed by atoms with van der Waals surface area (Å²) in [6.07, 6.45) is 3.08. The molecule has 0 aromatic carbocycles. The molecular weight excluding hydrogens is 234 g/mol. The molecule has 5 nitrogen and oxygen atoms in total. The van der Waals surface area contributed by atoms with E-state index in [-0.39, 0.29) is 0 Å². The predicted molar refractivity (Wildman–Crippen MR) is 56.9 cm³/mol. The van der Waals surface area contributed by atoms with Crippen molar-refractivity contribution in [2.45, 2.75) is 17.1 Å². The molecule has 78 valence electrons. The Balaban J connectivity index is 2.33. The zero-order valence-corrected chi connectivity index (χ0v) is 9.75. The van der Waals surface area contributed by atoms with Gasteiger partial charge in [-0.3, -0.25) is 0 Å². The first-order valence-corrected chi connectivity index (χ1v) is 5.37. The summed E-state index contributed by atoms with van der Waals surface area (Å²) in [6, 6.07) is 0. The Morgan fingerprint density at radius 1 is 1.40 bits per heavy atom. The SMILES string of the molecule is Cc1c(Cl)ncnc1Sc1nncn1C. The Hall–Kier alpha value is -1.14. The maximum atomic E-state index is 5.89. The zero-order valence-electron chi connectivity index (χ0n) is 8.18. The Kier molecular flexibility index (Phi) is 2.88. The molecule has 0 saturated carbocycles. The van der Waals surface area contributed by atoms with Crippen LogP contribution in [0.3, 0.4) is 0 Å². The maximum Gasteiger partial charge on any atom is 0.197 e. The quantitative estimate of drug-likeness (QED) is 0.750. The van der Waals surface area contributed by atoms with Crippen LogP contribution in [0.1, 0.15) is 5.56 Å². The molecule has 2 aromatic heterocycles. The minimum Gasteiger partial charge on any atom is -0.311 e. The Morgan fingerprint density at radius 3 is 2.87 bits per heavy atom. The van der Waals surface area contributed by atoms with Crippen LogP contribution in [0.2, 0.25) is 5.15 Å².